The Morgan fingerprint density at radius 1 is 0.360 bits per heavy atom. The lowest BCUT2D eigenvalue weighted by molar-refractivity contribution is -0.148. The van der Waals surface area contributed by atoms with Gasteiger partial charge in [0.15, 0.2) is 12.2 Å². The van der Waals surface area contributed by atoms with Crippen LogP contribution in [0.3, 0.4) is 0 Å². The van der Waals surface area contributed by atoms with Gasteiger partial charge in [-0.3, -0.25) is 0 Å². The molecule has 0 unspecified atom stereocenters. The lowest BCUT2D eigenvalue weighted by atomic mass is 9.87. The van der Waals surface area contributed by atoms with Gasteiger partial charge in [0.25, 0.3) is 0 Å². The number of fused-ring (bicyclic) bond motifs is 8. The molecule has 12 heteroatoms. The average Bonchev–Trinajstić information content (AvgIpc) is 2.27. The highest BCUT2D eigenvalue weighted by Gasteiger charge is 2.28. The zero-order valence-corrected chi connectivity index (χ0v) is 53.4. The molecule has 0 aliphatic heterocycles. The minimum Gasteiger partial charge on any atom is -0.507 e. The van der Waals surface area contributed by atoms with E-state index in [0.29, 0.717) is 33.8 Å². The van der Waals surface area contributed by atoms with Crippen molar-refractivity contribution < 1.29 is 57.8 Å². The van der Waals surface area contributed by atoms with Crippen molar-refractivity contribution in [2.45, 2.75) is 222 Å². The van der Waals surface area contributed by atoms with Crippen molar-refractivity contribution in [3.63, 3.8) is 0 Å². The topological polar surface area (TPSA) is 164 Å². The van der Waals surface area contributed by atoms with Crippen LogP contribution in [0.1, 0.15) is 225 Å². The van der Waals surface area contributed by atoms with E-state index in [9.17, 15) is 29.4 Å². The summed E-state index contributed by atoms with van der Waals surface area (Å²) in [6.45, 7) is 29.1. The Balaban J connectivity index is 1.91. The number of carbonyl (C=O) groups is 4. The van der Waals surface area contributed by atoms with Gasteiger partial charge in [-0.15, -0.1) is 0 Å². The van der Waals surface area contributed by atoms with Crippen LogP contribution >= 0.6 is 0 Å². The van der Waals surface area contributed by atoms with Crippen molar-refractivity contribution in [2.24, 2.45) is 0 Å². The van der Waals surface area contributed by atoms with Gasteiger partial charge in [0.2, 0.25) is 0 Å². The monoisotopic (exact) mass is 1180 g/mol. The maximum atomic E-state index is 13.0. The minimum absolute atomic E-state index is 0.108. The van der Waals surface area contributed by atoms with Crippen LogP contribution in [0.2, 0.25) is 0 Å². The molecule has 2 N–H and O–H groups in total. The molecule has 86 heavy (non-hydrogen) atoms. The zero-order valence-electron chi connectivity index (χ0n) is 53.4. The van der Waals surface area contributed by atoms with Crippen LogP contribution < -0.4 is 9.47 Å². The number of hydrogen-bond acceptors (Lipinski definition) is 12. The molecule has 4 aromatic rings. The maximum absolute atomic E-state index is 13.0. The van der Waals surface area contributed by atoms with Crippen molar-refractivity contribution >= 4 is 23.9 Å². The Morgan fingerprint density at radius 3 is 0.767 bits per heavy atom. The third-order valence-corrected chi connectivity index (χ3v) is 15.6. The van der Waals surface area contributed by atoms with Crippen LogP contribution in [0.25, 0.3) is 0 Å². The Hall–Kier alpha value is -7.08. The second kappa shape index (κ2) is 36.2. The fourth-order valence-corrected chi connectivity index (χ4v) is 10.8. The van der Waals surface area contributed by atoms with E-state index in [-0.39, 0.29) is 85.9 Å². The van der Waals surface area contributed by atoms with Gasteiger partial charge in [0.1, 0.15) is 49.4 Å². The Labute approximate surface area is 514 Å². The maximum Gasteiger partial charge on any atom is 0.333 e. The summed E-state index contributed by atoms with van der Waals surface area (Å²) in [7, 11) is 0. The third-order valence-electron chi connectivity index (χ3n) is 15.6. The number of hydrogen-bond donors (Lipinski definition) is 2. The number of unbranched alkanes of at least 4 members (excludes halogenated alkanes) is 12. The first-order chi connectivity index (χ1) is 41.2. The molecule has 0 amide bonds. The molecule has 0 aromatic heterocycles. The molecule has 0 spiro atoms. The molecule has 0 atom stereocenters. The van der Waals surface area contributed by atoms with Crippen molar-refractivity contribution in [3.8, 4) is 23.0 Å². The fraction of sp³-hybridized carbons (Fsp3) is 0.514. The number of rotatable bonds is 36. The van der Waals surface area contributed by atoms with E-state index in [2.05, 4.69) is 103 Å². The summed E-state index contributed by atoms with van der Waals surface area (Å²) >= 11 is 0. The highest BCUT2D eigenvalue weighted by Crippen LogP contribution is 2.42. The molecular weight excluding hydrogens is 1080 g/mol. The molecule has 0 heterocycles. The third kappa shape index (κ3) is 22.3. The molecule has 0 radical (unpaired) electrons. The fourth-order valence-electron chi connectivity index (χ4n) is 10.8. The molecule has 468 valence electrons. The SMILES string of the molecule is C=C(C)C(=O)OCC(COC(=O)C(=C)C)Oc1c2cc(CCCCCC)cc1Cc1cc(CCCCCC)cc(c1O)Cc1cc(CCCCCC)cc(c1OC(COC(=O)C(=C)C)COC(=O)C(=C)C)Cc1cc(CCCCCC)cc(c1O)C2. The van der Waals surface area contributed by atoms with Crippen LogP contribution in [0.5, 0.6) is 23.0 Å². The first-order valence-corrected chi connectivity index (χ1v) is 31.9. The van der Waals surface area contributed by atoms with Gasteiger partial charge in [-0.2, -0.15) is 0 Å². The summed E-state index contributed by atoms with van der Waals surface area (Å²) in [4.78, 5) is 52.1. The van der Waals surface area contributed by atoms with Crippen molar-refractivity contribution in [1.29, 1.82) is 0 Å². The smallest absolute Gasteiger partial charge is 0.333 e. The van der Waals surface area contributed by atoms with Crippen molar-refractivity contribution in [2.75, 3.05) is 26.4 Å². The molecule has 5 rings (SSSR count). The van der Waals surface area contributed by atoms with Gasteiger partial charge < -0.3 is 38.6 Å². The molecule has 1 aliphatic carbocycles. The van der Waals surface area contributed by atoms with Gasteiger partial charge in [-0.25, -0.2) is 19.2 Å². The number of benzene rings is 4. The van der Waals surface area contributed by atoms with E-state index in [1.54, 1.807) is 27.7 Å². The summed E-state index contributed by atoms with van der Waals surface area (Å²) in [5.41, 5.74) is 10.8. The molecular formula is C74H100O12. The minimum atomic E-state index is -0.986. The number of carbonyl (C=O) groups excluding carboxylic acids is 4. The highest BCUT2D eigenvalue weighted by atomic mass is 16.6. The number of phenolic OH excluding ortho intramolecular Hbond substituents is 2. The van der Waals surface area contributed by atoms with Gasteiger partial charge in [-0.05, 0) is 146 Å². The molecule has 12 nitrogen and oxygen atoms in total. The van der Waals surface area contributed by atoms with Gasteiger partial charge in [-0.1, -0.05) is 180 Å². The lowest BCUT2D eigenvalue weighted by Gasteiger charge is -2.26. The second-order valence-corrected chi connectivity index (χ2v) is 24.0. The number of aromatic hydroxyl groups is 2. The Kier molecular flexibility index (Phi) is 29.3. The molecule has 1 aliphatic rings. The molecule has 0 fully saturated rings. The molecule has 0 saturated heterocycles. The van der Waals surface area contributed by atoms with E-state index < -0.39 is 36.1 Å². The van der Waals surface area contributed by atoms with Crippen LogP contribution in [-0.2, 0) is 89.5 Å². The van der Waals surface area contributed by atoms with E-state index >= 15 is 0 Å². The average molecular weight is 1180 g/mol. The number of aryl methyl sites for hydroxylation is 4. The van der Waals surface area contributed by atoms with Crippen molar-refractivity contribution in [1.82, 2.24) is 0 Å². The van der Waals surface area contributed by atoms with Crippen LogP contribution in [0, 0.1) is 0 Å². The van der Waals surface area contributed by atoms with Gasteiger partial charge in [0.05, 0.1) is 0 Å². The molecule has 8 bridgehead atoms. The molecule has 4 aromatic carbocycles. The summed E-state index contributed by atoms with van der Waals surface area (Å²) in [5, 5.41) is 26.1. The zero-order chi connectivity index (χ0) is 62.7. The predicted octanol–water partition coefficient (Wildman–Crippen LogP) is 16.2. The van der Waals surface area contributed by atoms with Gasteiger partial charge in [0, 0.05) is 48.0 Å². The summed E-state index contributed by atoms with van der Waals surface area (Å²) in [6.07, 6.45) is 18.6. The van der Waals surface area contributed by atoms with Crippen LogP contribution in [0.15, 0.2) is 97.1 Å². The quantitative estimate of drug-likeness (QED) is 0.0169. The Morgan fingerprint density at radius 2 is 0.570 bits per heavy atom. The largest absolute Gasteiger partial charge is 0.507 e. The summed E-state index contributed by atoms with van der Waals surface area (Å²) in [6, 6.07) is 17.0. The standard InChI is InChI=1S/C74H100O12/c1-13-17-21-25-29-53-33-57-41-61-37-55(31-27-23-19-15-3)39-63(69(61)85-65(45-81-71(77)49(5)6)46-82-72(78)50(7)8)43-59-35-54(30-26-22-18-14-2)36-60(68(59)76)44-64-40-56(32-28-24-20-16-4)38-62(42-58(34-53)67(57)75)70(64)86-66(47-83-73(79)51(9)10)48-84-74(80)52(11)12/h33-40,65-66,75-76H,5,7,9,11,13-32,41-48H2,1-4,6,8,10,12H3. The Bertz CT molecular complexity index is 2620. The first kappa shape index (κ1) is 69.7. The van der Waals surface area contributed by atoms with E-state index in [0.717, 1.165) is 173 Å². The number of ether oxygens (including phenoxy) is 6. The summed E-state index contributed by atoms with van der Waals surface area (Å²) in [5.74, 6) is -1.32. The molecule has 0 saturated carbocycles. The normalized spacial score (nSPS) is 11.9. The van der Waals surface area contributed by atoms with Crippen LogP contribution in [-0.4, -0.2) is 72.7 Å². The van der Waals surface area contributed by atoms with Crippen molar-refractivity contribution in [3.05, 3.63) is 164 Å². The predicted molar refractivity (Wildman–Crippen MR) is 344 cm³/mol. The van der Waals surface area contributed by atoms with E-state index in [1.165, 1.54) is 0 Å². The van der Waals surface area contributed by atoms with Crippen LogP contribution in [0.4, 0.5) is 0 Å². The lowest BCUT2D eigenvalue weighted by Crippen LogP contribution is -2.32. The van der Waals surface area contributed by atoms with E-state index in [1.807, 2.05) is 0 Å². The first-order valence-electron chi connectivity index (χ1n) is 31.9. The number of esters is 4. The highest BCUT2D eigenvalue weighted by molar-refractivity contribution is 5.88. The van der Waals surface area contributed by atoms with Gasteiger partial charge >= 0.3 is 23.9 Å². The van der Waals surface area contributed by atoms with E-state index in [4.69, 9.17) is 28.4 Å². The summed E-state index contributed by atoms with van der Waals surface area (Å²) < 4.78 is 37.2. The second-order valence-electron chi connectivity index (χ2n) is 24.0. The number of phenols is 2.